The summed E-state index contributed by atoms with van der Waals surface area (Å²) in [6.45, 7) is 1.60. The zero-order chi connectivity index (χ0) is 22.1. The molecule has 1 aromatic heterocycles. The van der Waals surface area contributed by atoms with E-state index in [1.165, 1.54) is 0 Å². The van der Waals surface area contributed by atoms with E-state index in [9.17, 15) is 13.2 Å². The van der Waals surface area contributed by atoms with Crippen LogP contribution in [0.3, 0.4) is 0 Å². The number of aromatic amines is 1. The summed E-state index contributed by atoms with van der Waals surface area (Å²) in [5.74, 6) is 1.35. The Kier molecular flexibility index (Phi) is 5.35. The lowest BCUT2D eigenvalue weighted by Crippen LogP contribution is -2.27. The molecule has 0 spiro atoms. The van der Waals surface area contributed by atoms with Crippen LogP contribution in [0.25, 0.3) is 10.9 Å². The predicted molar refractivity (Wildman–Crippen MR) is 118 cm³/mol. The van der Waals surface area contributed by atoms with Crippen molar-refractivity contribution in [1.29, 1.82) is 0 Å². The number of nitrogens with zero attached hydrogens (tertiary/aromatic N) is 1. The molecule has 3 heterocycles. The molecular formula is C21H22N4O6S. The highest BCUT2D eigenvalue weighted by molar-refractivity contribution is 7.93. The van der Waals surface area contributed by atoms with Crippen LogP contribution in [0.2, 0.25) is 0 Å². The first-order chi connectivity index (χ1) is 15.5. The Bertz CT molecular complexity index is 1270. The molecule has 1 fully saturated rings. The van der Waals surface area contributed by atoms with Crippen molar-refractivity contribution < 1.29 is 27.4 Å². The van der Waals surface area contributed by atoms with Crippen molar-refractivity contribution in [3.63, 3.8) is 0 Å². The van der Waals surface area contributed by atoms with Crippen LogP contribution in [-0.4, -0.2) is 56.2 Å². The molecule has 0 aliphatic carbocycles. The lowest BCUT2D eigenvalue weighted by Gasteiger charge is -2.18. The van der Waals surface area contributed by atoms with Gasteiger partial charge in [0.25, 0.3) is 0 Å². The highest BCUT2D eigenvalue weighted by atomic mass is 32.2. The van der Waals surface area contributed by atoms with Crippen LogP contribution in [-0.2, 0) is 26.0 Å². The minimum atomic E-state index is -3.56. The Morgan fingerprint density at radius 3 is 2.75 bits per heavy atom. The third kappa shape index (κ3) is 4.21. The van der Waals surface area contributed by atoms with Crippen molar-refractivity contribution in [2.45, 2.75) is 18.1 Å². The number of hydrogen-bond acceptors (Lipinski definition) is 7. The number of nitrogens with one attached hydrogen (secondary N) is 3. The summed E-state index contributed by atoms with van der Waals surface area (Å²) in [7, 11) is -3.56. The highest BCUT2D eigenvalue weighted by Crippen LogP contribution is 2.31. The first kappa shape index (κ1) is 20.6. The second-order valence-corrected chi connectivity index (χ2v) is 9.63. The van der Waals surface area contributed by atoms with Crippen molar-refractivity contribution in [1.82, 2.24) is 10.2 Å². The van der Waals surface area contributed by atoms with Crippen molar-refractivity contribution >= 4 is 38.3 Å². The fourth-order valence-electron chi connectivity index (χ4n) is 3.74. The van der Waals surface area contributed by atoms with Crippen LogP contribution in [0.5, 0.6) is 11.5 Å². The Morgan fingerprint density at radius 1 is 1.09 bits per heavy atom. The molecule has 11 heteroatoms. The number of fused-ring (bicyclic) bond motifs is 2. The van der Waals surface area contributed by atoms with Crippen LogP contribution < -0.4 is 19.5 Å². The van der Waals surface area contributed by atoms with Crippen molar-refractivity contribution in [3.8, 4) is 11.5 Å². The predicted octanol–water partition coefficient (Wildman–Crippen LogP) is 2.05. The molecule has 3 N–H and O–H groups in total. The molecule has 1 saturated heterocycles. The number of anilines is 2. The van der Waals surface area contributed by atoms with Crippen molar-refractivity contribution in [2.75, 3.05) is 36.5 Å². The van der Waals surface area contributed by atoms with Gasteiger partial charge in [0.15, 0.2) is 17.3 Å². The van der Waals surface area contributed by atoms with E-state index in [2.05, 4.69) is 20.2 Å². The van der Waals surface area contributed by atoms with Crippen LogP contribution in [0.4, 0.5) is 11.5 Å². The lowest BCUT2D eigenvalue weighted by molar-refractivity contribution is -0.115. The fourth-order valence-corrected chi connectivity index (χ4v) is 5.04. The molecule has 32 heavy (non-hydrogen) atoms. The molecule has 1 unspecified atom stereocenters. The zero-order valence-corrected chi connectivity index (χ0v) is 17.9. The molecule has 0 radical (unpaired) electrons. The minimum absolute atomic E-state index is 0.124. The summed E-state index contributed by atoms with van der Waals surface area (Å²) >= 11 is 0. The largest absolute Gasteiger partial charge is 0.486 e. The van der Waals surface area contributed by atoms with Gasteiger partial charge in [0.2, 0.25) is 15.9 Å². The Balaban J connectivity index is 1.31. The maximum absolute atomic E-state index is 12.6. The van der Waals surface area contributed by atoms with E-state index in [0.29, 0.717) is 60.1 Å². The summed E-state index contributed by atoms with van der Waals surface area (Å²) in [4.78, 5) is 12.6. The van der Waals surface area contributed by atoms with E-state index in [0.717, 1.165) is 5.56 Å². The number of benzene rings is 2. The minimum Gasteiger partial charge on any atom is -0.486 e. The first-order valence-corrected chi connectivity index (χ1v) is 11.8. The third-order valence-corrected chi connectivity index (χ3v) is 7.15. The van der Waals surface area contributed by atoms with E-state index in [1.807, 2.05) is 6.07 Å². The van der Waals surface area contributed by atoms with Gasteiger partial charge in [0.05, 0.1) is 18.5 Å². The molecule has 5 rings (SSSR count). The average molecular weight is 458 g/mol. The molecule has 10 nitrogen and oxygen atoms in total. The third-order valence-electron chi connectivity index (χ3n) is 5.38. The number of rotatable bonds is 6. The summed E-state index contributed by atoms with van der Waals surface area (Å²) in [5, 5.41) is 9.82. The van der Waals surface area contributed by atoms with E-state index >= 15 is 0 Å². The van der Waals surface area contributed by atoms with E-state index < -0.39 is 15.3 Å². The second kappa shape index (κ2) is 8.32. The molecule has 2 aromatic carbocycles. The second-order valence-electron chi connectivity index (χ2n) is 7.67. The van der Waals surface area contributed by atoms with Gasteiger partial charge in [-0.15, -0.1) is 0 Å². The van der Waals surface area contributed by atoms with E-state index in [-0.39, 0.29) is 18.9 Å². The molecule has 2 aliphatic rings. The summed E-state index contributed by atoms with van der Waals surface area (Å²) in [6.07, 6.45) is 0.587. The number of carbonyl (C=O) groups is 1. The molecule has 0 bridgehead atoms. The Labute approximate surface area is 184 Å². The summed E-state index contributed by atoms with van der Waals surface area (Å²) < 4.78 is 43.9. The number of aromatic nitrogens is 2. The number of H-pyrrole nitrogens is 1. The van der Waals surface area contributed by atoms with Crippen LogP contribution in [0.1, 0.15) is 12.0 Å². The molecule has 168 valence electrons. The van der Waals surface area contributed by atoms with Gasteiger partial charge >= 0.3 is 0 Å². The normalized spacial score (nSPS) is 17.9. The van der Waals surface area contributed by atoms with Crippen LogP contribution in [0.15, 0.2) is 36.4 Å². The van der Waals surface area contributed by atoms with Crippen molar-refractivity contribution in [3.05, 3.63) is 42.0 Å². The highest BCUT2D eigenvalue weighted by Gasteiger charge is 2.29. The van der Waals surface area contributed by atoms with Gasteiger partial charge in [-0.05, 0) is 42.3 Å². The fraction of sp³-hybridized carbons (Fsp3) is 0.333. The van der Waals surface area contributed by atoms with E-state index in [1.54, 1.807) is 30.3 Å². The lowest BCUT2D eigenvalue weighted by atomic mass is 10.1. The number of sulfonamides is 1. The maximum Gasteiger partial charge on any atom is 0.237 e. The topological polar surface area (TPSA) is 132 Å². The van der Waals surface area contributed by atoms with E-state index in [4.69, 9.17) is 14.2 Å². The number of amides is 1. The van der Waals surface area contributed by atoms with Crippen LogP contribution in [0, 0.1) is 0 Å². The molecule has 0 saturated carbocycles. The van der Waals surface area contributed by atoms with Gasteiger partial charge in [-0.1, -0.05) is 6.07 Å². The van der Waals surface area contributed by atoms with Gasteiger partial charge in [-0.3, -0.25) is 14.6 Å². The van der Waals surface area contributed by atoms with Gasteiger partial charge in [0, 0.05) is 17.7 Å². The number of ether oxygens (including phenoxy) is 3. The standard InChI is InChI=1S/C21H22N4O6S/c26-20(10-13-1-4-18-19(9-13)31-8-7-30-18)22-21-16-11-14(2-3-17(16)23-24-21)25-32(27,28)15-5-6-29-12-15/h1-4,9,11,15,25H,5-8,10,12H2,(H2,22,23,24,26). The van der Waals surface area contributed by atoms with Crippen LogP contribution >= 0.6 is 0 Å². The SMILES string of the molecule is O=C(Cc1ccc2c(c1)OCCO2)Nc1n[nH]c2ccc(NS(=O)(=O)C3CCOC3)cc12. The van der Waals surface area contributed by atoms with Crippen molar-refractivity contribution in [2.24, 2.45) is 0 Å². The monoisotopic (exact) mass is 458 g/mol. The first-order valence-electron chi connectivity index (χ1n) is 10.2. The average Bonchev–Trinajstić information content (AvgIpc) is 3.45. The molecular weight excluding hydrogens is 436 g/mol. The van der Waals surface area contributed by atoms with Gasteiger partial charge in [0.1, 0.15) is 18.5 Å². The molecule has 3 aromatic rings. The summed E-state index contributed by atoms with van der Waals surface area (Å²) in [6, 6.07) is 10.4. The Hall–Kier alpha value is -3.31. The molecule has 1 atom stereocenters. The summed E-state index contributed by atoms with van der Waals surface area (Å²) in [5.41, 5.74) is 1.85. The van der Waals surface area contributed by atoms with Gasteiger partial charge < -0.3 is 19.5 Å². The van der Waals surface area contributed by atoms with Gasteiger partial charge in [-0.25, -0.2) is 8.42 Å². The number of hydrogen-bond donors (Lipinski definition) is 3. The Morgan fingerprint density at radius 2 is 1.94 bits per heavy atom. The molecule has 2 aliphatic heterocycles. The molecule has 1 amide bonds. The van der Waals surface area contributed by atoms with Gasteiger partial charge in [-0.2, -0.15) is 5.10 Å². The zero-order valence-electron chi connectivity index (χ0n) is 17.1. The quantitative estimate of drug-likeness (QED) is 0.515. The smallest absolute Gasteiger partial charge is 0.237 e. The maximum atomic E-state index is 12.6. The number of carbonyl (C=O) groups excluding carboxylic acids is 1.